The molecule has 18 heteroatoms. The van der Waals surface area contributed by atoms with Crippen molar-refractivity contribution < 1.29 is 14.2 Å². The number of ether oxygens (including phenoxy) is 3. The molecule has 384 valence electrons. The van der Waals surface area contributed by atoms with Crippen molar-refractivity contribution in [2.24, 2.45) is 0 Å². The van der Waals surface area contributed by atoms with Gasteiger partial charge < -0.3 is 14.2 Å². The maximum absolute atomic E-state index is 12.9. The number of hydrogen-bond acceptors (Lipinski definition) is 12. The van der Waals surface area contributed by atoms with Gasteiger partial charge >= 0.3 is 31.7 Å². The van der Waals surface area contributed by atoms with E-state index in [1.807, 2.05) is 164 Å². The Hall–Kier alpha value is -9.36. The van der Waals surface area contributed by atoms with Gasteiger partial charge in [-0.25, -0.2) is 40.0 Å². The van der Waals surface area contributed by atoms with Crippen LogP contribution in [-0.4, -0.2) is 32.4 Å². The van der Waals surface area contributed by atoms with Gasteiger partial charge in [0, 0.05) is 40.7 Å². The highest BCUT2D eigenvalue weighted by Crippen LogP contribution is 2.33. The van der Waals surface area contributed by atoms with Gasteiger partial charge in [0.15, 0.2) is 11.5 Å². The molecule has 0 amide bonds. The average molecular weight is 1080 g/mol. The third-order valence-electron chi connectivity index (χ3n) is 12.0. The maximum atomic E-state index is 12.9. The first-order valence-corrected chi connectivity index (χ1v) is 26.4. The molecular weight excluding hydrogens is 1030 g/mol. The molecule has 77 heavy (non-hydrogen) atoms. The first-order chi connectivity index (χ1) is 37.6. The molecule has 1 aliphatic rings. The molecule has 0 saturated heterocycles. The van der Waals surface area contributed by atoms with Crippen LogP contribution in [0.4, 0.5) is 0 Å². The first kappa shape index (κ1) is 51.1. The van der Waals surface area contributed by atoms with Crippen molar-refractivity contribution >= 4 is 34.6 Å². The number of hydrogen-bond donors (Lipinski definition) is 0. The lowest BCUT2D eigenvalue weighted by Crippen LogP contribution is -2.29. The Morgan fingerprint density at radius 2 is 0.766 bits per heavy atom. The fraction of sp³-hybridized carbons (Fsp3) is 0.0847. The lowest BCUT2D eigenvalue weighted by Gasteiger charge is -2.09. The molecule has 0 atom stereocenters. The molecule has 0 bridgehead atoms. The smallest absolute Gasteiger partial charge is 0.346 e. The average Bonchev–Trinajstić information content (AvgIpc) is 4.22. The number of aromatic nitrogens is 6. The zero-order valence-corrected chi connectivity index (χ0v) is 43.4. The predicted octanol–water partition coefficient (Wildman–Crippen LogP) is 9.44. The van der Waals surface area contributed by atoms with Crippen molar-refractivity contribution in [1.82, 2.24) is 25.6 Å². The summed E-state index contributed by atoms with van der Waals surface area (Å²) in [7, 11) is 0. The van der Waals surface area contributed by atoms with Crippen LogP contribution < -0.4 is 45.9 Å². The lowest BCUT2D eigenvalue weighted by atomic mass is 10.0. The maximum Gasteiger partial charge on any atom is 0.346 e. The van der Waals surface area contributed by atoms with Gasteiger partial charge in [-0.2, -0.15) is 0 Å². The molecule has 0 unspecified atom stereocenters. The van der Waals surface area contributed by atoms with E-state index >= 15 is 0 Å². The van der Waals surface area contributed by atoms with Gasteiger partial charge in [-0.1, -0.05) is 158 Å². The molecular formula is C59H46N6O9S3. The van der Waals surface area contributed by atoms with Gasteiger partial charge in [0.1, 0.15) is 11.5 Å². The van der Waals surface area contributed by atoms with E-state index in [1.54, 1.807) is 42.5 Å². The van der Waals surface area contributed by atoms with Crippen LogP contribution in [0.1, 0.15) is 27.8 Å². The van der Waals surface area contributed by atoms with Crippen molar-refractivity contribution in [3.05, 3.63) is 307 Å². The van der Waals surface area contributed by atoms with Crippen molar-refractivity contribution in [3.63, 3.8) is 0 Å². The summed E-state index contributed by atoms with van der Waals surface area (Å²) in [6.45, 7) is 0.964. The van der Waals surface area contributed by atoms with Gasteiger partial charge in [-0.3, -0.25) is 14.4 Å². The van der Waals surface area contributed by atoms with Crippen molar-refractivity contribution in [2.75, 3.05) is 6.79 Å². The highest BCUT2D eigenvalue weighted by Gasteiger charge is 2.19. The van der Waals surface area contributed by atoms with E-state index in [0.717, 1.165) is 73.9 Å². The number of nitrogens with zero attached hydrogens (tertiary/aromatic N) is 6. The third-order valence-corrected chi connectivity index (χ3v) is 14.8. The van der Waals surface area contributed by atoms with Crippen molar-refractivity contribution in [3.8, 4) is 40.1 Å². The zero-order valence-electron chi connectivity index (χ0n) is 40.9. The van der Waals surface area contributed by atoms with E-state index < -0.39 is 0 Å². The van der Waals surface area contributed by atoms with Gasteiger partial charge in [-0.05, 0) is 88.8 Å². The zero-order chi connectivity index (χ0) is 53.1. The summed E-state index contributed by atoms with van der Waals surface area (Å²) in [5.74, 6) is 2.61. The molecule has 0 fully saturated rings. The van der Waals surface area contributed by atoms with Gasteiger partial charge in [0.05, 0.1) is 36.7 Å². The normalized spacial score (nSPS) is 11.3. The quantitative estimate of drug-likeness (QED) is 0.110. The molecule has 11 aromatic rings. The fourth-order valence-electron chi connectivity index (χ4n) is 8.20. The van der Waals surface area contributed by atoms with E-state index in [9.17, 15) is 28.8 Å². The number of fused-ring (bicyclic) bond motifs is 1. The Balaban J connectivity index is 0.000000131. The SMILES string of the molecule is O=c1sn(-c2ccc(Oc3ccccc3)cc2)c(=O)n1Cc1ccccc1.O=c1sn(-c2ccc3c(c2)OCO3)c(=O)n1Cc1ccccc1.O=c1sn(-c2ccccc2Cc2ccccc2)c(=O)n1Cc1ccccc1. The Labute approximate surface area is 451 Å². The molecule has 0 spiro atoms. The van der Waals surface area contributed by atoms with Gasteiger partial charge in [0.25, 0.3) is 0 Å². The van der Waals surface area contributed by atoms with Crippen LogP contribution in [-0.2, 0) is 26.1 Å². The van der Waals surface area contributed by atoms with E-state index in [-0.39, 0.29) is 58.1 Å². The number of benzene rings is 8. The van der Waals surface area contributed by atoms with Crippen LogP contribution in [0, 0.1) is 0 Å². The summed E-state index contributed by atoms with van der Waals surface area (Å²) in [5.41, 5.74) is 5.91. The Morgan fingerprint density at radius 3 is 1.29 bits per heavy atom. The Bertz CT molecular complexity index is 4130. The fourth-order valence-corrected chi connectivity index (χ4v) is 10.6. The Kier molecular flexibility index (Phi) is 15.9. The second-order valence-electron chi connectivity index (χ2n) is 17.3. The van der Waals surface area contributed by atoms with Crippen LogP contribution in [0.2, 0.25) is 0 Å². The monoisotopic (exact) mass is 1080 g/mol. The number of para-hydroxylation sites is 2. The second kappa shape index (κ2) is 23.9. The molecule has 0 saturated carbocycles. The summed E-state index contributed by atoms with van der Waals surface area (Å²) in [6.07, 6.45) is 0.703. The van der Waals surface area contributed by atoms with Crippen LogP contribution in [0.25, 0.3) is 17.1 Å². The minimum Gasteiger partial charge on any atom is -0.457 e. The summed E-state index contributed by atoms with van der Waals surface area (Å²) in [4.78, 5) is 74.3. The van der Waals surface area contributed by atoms with E-state index in [2.05, 4.69) is 12.1 Å². The number of rotatable bonds is 13. The summed E-state index contributed by atoms with van der Waals surface area (Å²) < 4.78 is 24.4. The summed E-state index contributed by atoms with van der Waals surface area (Å²) >= 11 is 2.72. The first-order valence-electron chi connectivity index (χ1n) is 24.1. The second-order valence-corrected chi connectivity index (χ2v) is 19.9. The summed E-state index contributed by atoms with van der Waals surface area (Å²) in [5, 5.41) is 0. The molecule has 3 aromatic heterocycles. The molecule has 0 N–H and O–H groups in total. The molecule has 4 heterocycles. The van der Waals surface area contributed by atoms with E-state index in [4.69, 9.17) is 14.2 Å². The van der Waals surface area contributed by atoms with Crippen molar-refractivity contribution in [2.45, 2.75) is 26.1 Å². The largest absolute Gasteiger partial charge is 0.457 e. The Morgan fingerprint density at radius 1 is 0.377 bits per heavy atom. The third kappa shape index (κ3) is 12.3. The minimum atomic E-state index is -0.359. The van der Waals surface area contributed by atoms with Gasteiger partial charge in [-0.15, -0.1) is 0 Å². The van der Waals surface area contributed by atoms with Crippen LogP contribution in [0.3, 0.4) is 0 Å². The highest BCUT2D eigenvalue weighted by molar-refractivity contribution is 7.04. The molecule has 8 aromatic carbocycles. The van der Waals surface area contributed by atoms with Crippen LogP contribution in [0.5, 0.6) is 23.0 Å². The van der Waals surface area contributed by atoms with Crippen LogP contribution >= 0.6 is 34.6 Å². The van der Waals surface area contributed by atoms with E-state index in [0.29, 0.717) is 35.0 Å². The molecule has 0 radical (unpaired) electrons. The lowest BCUT2D eigenvalue weighted by molar-refractivity contribution is 0.174. The predicted molar refractivity (Wildman–Crippen MR) is 301 cm³/mol. The van der Waals surface area contributed by atoms with Crippen LogP contribution in [0.15, 0.2) is 247 Å². The molecule has 0 aliphatic carbocycles. The summed E-state index contributed by atoms with van der Waals surface area (Å²) in [6, 6.07) is 68.0. The standard InChI is InChI=1S/C22H18N2O2S.C21H16N2O3S.C16H12N2O4S/c25-21-23(16-18-11-5-2-6-12-18)22(26)27-24(21)20-14-8-7-13-19(20)15-17-9-3-1-4-10-17;24-20-22(15-16-7-3-1-4-8-16)21(25)27-23(20)17-11-13-19(14-12-17)26-18-9-5-2-6-10-18;19-15-17(9-11-4-2-1-3-5-11)16(20)23-18(15)12-6-7-13-14(8-12)22-10-21-13/h1-14H,15-16H2;1-14H,15H2;1-8H,9-10H2. The molecule has 12 rings (SSSR count). The minimum absolute atomic E-state index is 0.166. The molecule has 15 nitrogen and oxygen atoms in total. The molecule has 1 aliphatic heterocycles. The van der Waals surface area contributed by atoms with Gasteiger partial charge in [0.2, 0.25) is 6.79 Å². The van der Waals surface area contributed by atoms with E-state index in [1.165, 1.54) is 25.6 Å². The highest BCUT2D eigenvalue weighted by atomic mass is 32.1. The topological polar surface area (TPSA) is 160 Å². The van der Waals surface area contributed by atoms with Crippen molar-refractivity contribution in [1.29, 1.82) is 0 Å².